The molecular formula is C16H21N3. The molecule has 0 aliphatic carbocycles. The Morgan fingerprint density at radius 1 is 1.32 bits per heavy atom. The Labute approximate surface area is 114 Å². The molecule has 2 N–H and O–H groups in total. The van der Waals surface area contributed by atoms with E-state index in [1.807, 2.05) is 6.33 Å². The van der Waals surface area contributed by atoms with Gasteiger partial charge in [-0.15, -0.1) is 0 Å². The van der Waals surface area contributed by atoms with Gasteiger partial charge in [0.1, 0.15) is 0 Å². The van der Waals surface area contributed by atoms with E-state index < -0.39 is 0 Å². The number of benzene rings is 1. The standard InChI is InChI=1S/C16H21N3/c1-11-3-4-13(12(2)9-11)5-6-14-16-15(7-8-17-14)18-10-19-16/h3-4,9-10,14,17H,5-8H2,1-2H3,(H,18,19). The Morgan fingerprint density at radius 2 is 2.21 bits per heavy atom. The summed E-state index contributed by atoms with van der Waals surface area (Å²) >= 11 is 0. The van der Waals surface area contributed by atoms with Crippen molar-refractivity contribution in [1.82, 2.24) is 15.3 Å². The summed E-state index contributed by atoms with van der Waals surface area (Å²) in [5.41, 5.74) is 6.72. The maximum Gasteiger partial charge on any atom is 0.0925 e. The molecule has 2 aromatic rings. The highest BCUT2D eigenvalue weighted by Gasteiger charge is 2.21. The maximum atomic E-state index is 4.47. The van der Waals surface area contributed by atoms with Crippen LogP contribution in [0.2, 0.25) is 0 Å². The van der Waals surface area contributed by atoms with Crippen molar-refractivity contribution in [2.75, 3.05) is 6.54 Å². The molecule has 1 aromatic carbocycles. The van der Waals surface area contributed by atoms with Gasteiger partial charge in [0.25, 0.3) is 0 Å². The fourth-order valence-electron chi connectivity index (χ4n) is 2.97. The van der Waals surface area contributed by atoms with Gasteiger partial charge in [-0.2, -0.15) is 0 Å². The van der Waals surface area contributed by atoms with Crippen LogP contribution in [0.25, 0.3) is 0 Å². The molecule has 0 radical (unpaired) electrons. The Morgan fingerprint density at radius 3 is 3.05 bits per heavy atom. The Balaban J connectivity index is 1.71. The van der Waals surface area contributed by atoms with E-state index in [1.54, 1.807) is 0 Å². The largest absolute Gasteiger partial charge is 0.348 e. The van der Waals surface area contributed by atoms with Crippen LogP contribution in [0, 0.1) is 13.8 Å². The zero-order chi connectivity index (χ0) is 13.2. The number of H-pyrrole nitrogens is 1. The molecule has 3 nitrogen and oxygen atoms in total. The minimum absolute atomic E-state index is 0.399. The zero-order valence-corrected chi connectivity index (χ0v) is 11.7. The van der Waals surface area contributed by atoms with Crippen molar-refractivity contribution in [3.63, 3.8) is 0 Å². The number of nitrogens with zero attached hydrogens (tertiary/aromatic N) is 1. The van der Waals surface area contributed by atoms with Gasteiger partial charge in [0.05, 0.1) is 18.1 Å². The fraction of sp³-hybridized carbons (Fsp3) is 0.438. The quantitative estimate of drug-likeness (QED) is 0.885. The average molecular weight is 255 g/mol. The number of hydrogen-bond acceptors (Lipinski definition) is 2. The predicted octanol–water partition coefficient (Wildman–Crippen LogP) is 2.85. The van der Waals surface area contributed by atoms with Crippen molar-refractivity contribution in [2.45, 2.75) is 39.2 Å². The molecule has 1 aliphatic rings. The number of hydrogen-bond donors (Lipinski definition) is 2. The van der Waals surface area contributed by atoms with E-state index in [-0.39, 0.29) is 0 Å². The van der Waals surface area contributed by atoms with Crippen LogP contribution in [-0.4, -0.2) is 16.5 Å². The molecule has 0 saturated heterocycles. The number of aromatic amines is 1. The Hall–Kier alpha value is -1.61. The molecule has 0 saturated carbocycles. The second kappa shape index (κ2) is 5.17. The normalized spacial score (nSPS) is 18.3. The van der Waals surface area contributed by atoms with Gasteiger partial charge in [0, 0.05) is 18.7 Å². The van der Waals surface area contributed by atoms with Crippen molar-refractivity contribution in [3.05, 3.63) is 52.6 Å². The lowest BCUT2D eigenvalue weighted by molar-refractivity contribution is 0.464. The molecule has 1 unspecified atom stereocenters. The molecule has 0 bridgehead atoms. The van der Waals surface area contributed by atoms with Gasteiger partial charge in [-0.3, -0.25) is 0 Å². The topological polar surface area (TPSA) is 40.7 Å². The first-order valence-corrected chi connectivity index (χ1v) is 7.05. The molecule has 1 aromatic heterocycles. The summed E-state index contributed by atoms with van der Waals surface area (Å²) in [4.78, 5) is 7.72. The van der Waals surface area contributed by atoms with E-state index >= 15 is 0 Å². The molecule has 100 valence electrons. The van der Waals surface area contributed by atoms with Gasteiger partial charge < -0.3 is 10.3 Å². The second-order valence-corrected chi connectivity index (χ2v) is 5.49. The summed E-state index contributed by atoms with van der Waals surface area (Å²) in [5, 5.41) is 3.58. The van der Waals surface area contributed by atoms with E-state index in [1.165, 1.54) is 28.1 Å². The van der Waals surface area contributed by atoms with Crippen molar-refractivity contribution in [2.24, 2.45) is 0 Å². The number of rotatable bonds is 3. The highest BCUT2D eigenvalue weighted by atomic mass is 15.0. The van der Waals surface area contributed by atoms with E-state index in [0.717, 1.165) is 25.8 Å². The summed E-state index contributed by atoms with van der Waals surface area (Å²) in [6.07, 6.45) is 5.11. The van der Waals surface area contributed by atoms with Crippen molar-refractivity contribution in [3.8, 4) is 0 Å². The molecule has 1 atom stereocenters. The molecule has 0 fully saturated rings. The van der Waals surface area contributed by atoms with Crippen LogP contribution in [0.15, 0.2) is 24.5 Å². The van der Waals surface area contributed by atoms with Crippen LogP contribution in [0.1, 0.15) is 40.5 Å². The van der Waals surface area contributed by atoms with Crippen LogP contribution in [-0.2, 0) is 12.8 Å². The SMILES string of the molecule is Cc1ccc(CCC2NCCc3[nH]cnc32)c(C)c1. The minimum Gasteiger partial charge on any atom is -0.348 e. The second-order valence-electron chi connectivity index (χ2n) is 5.49. The van der Waals surface area contributed by atoms with Gasteiger partial charge in [-0.1, -0.05) is 23.8 Å². The minimum atomic E-state index is 0.399. The first kappa shape index (κ1) is 12.4. The monoisotopic (exact) mass is 255 g/mol. The molecule has 0 spiro atoms. The lowest BCUT2D eigenvalue weighted by atomic mass is 9.95. The highest BCUT2D eigenvalue weighted by Crippen LogP contribution is 2.24. The van der Waals surface area contributed by atoms with Crippen LogP contribution in [0.5, 0.6) is 0 Å². The third kappa shape index (κ3) is 2.56. The van der Waals surface area contributed by atoms with E-state index in [2.05, 4.69) is 47.3 Å². The maximum absolute atomic E-state index is 4.47. The first-order valence-electron chi connectivity index (χ1n) is 7.05. The summed E-state index contributed by atoms with van der Waals surface area (Å²) in [6.45, 7) is 5.40. The smallest absolute Gasteiger partial charge is 0.0925 e. The lowest BCUT2D eigenvalue weighted by Crippen LogP contribution is -2.30. The summed E-state index contributed by atoms with van der Waals surface area (Å²) in [5.74, 6) is 0. The van der Waals surface area contributed by atoms with E-state index in [0.29, 0.717) is 6.04 Å². The molecule has 1 aliphatic heterocycles. The molecule has 3 heteroatoms. The molecular weight excluding hydrogens is 234 g/mol. The van der Waals surface area contributed by atoms with E-state index in [9.17, 15) is 0 Å². The number of nitrogens with one attached hydrogen (secondary N) is 2. The first-order chi connectivity index (χ1) is 9.24. The molecule has 3 rings (SSSR count). The van der Waals surface area contributed by atoms with Crippen LogP contribution in [0.4, 0.5) is 0 Å². The van der Waals surface area contributed by atoms with Gasteiger partial charge in [-0.25, -0.2) is 4.98 Å². The third-order valence-corrected chi connectivity index (χ3v) is 4.05. The van der Waals surface area contributed by atoms with Gasteiger partial charge in [0.2, 0.25) is 0 Å². The zero-order valence-electron chi connectivity index (χ0n) is 11.7. The Kier molecular flexibility index (Phi) is 3.38. The van der Waals surface area contributed by atoms with Crippen molar-refractivity contribution < 1.29 is 0 Å². The predicted molar refractivity (Wildman–Crippen MR) is 77.3 cm³/mol. The van der Waals surface area contributed by atoms with Crippen molar-refractivity contribution in [1.29, 1.82) is 0 Å². The number of fused-ring (bicyclic) bond motifs is 1. The van der Waals surface area contributed by atoms with Crippen LogP contribution >= 0.6 is 0 Å². The lowest BCUT2D eigenvalue weighted by Gasteiger charge is -2.23. The number of imidazole rings is 1. The summed E-state index contributed by atoms with van der Waals surface area (Å²) < 4.78 is 0. The van der Waals surface area contributed by atoms with E-state index in [4.69, 9.17) is 0 Å². The molecule has 0 amide bonds. The third-order valence-electron chi connectivity index (χ3n) is 4.05. The summed E-state index contributed by atoms with van der Waals surface area (Å²) in [6, 6.07) is 7.13. The Bertz CT molecular complexity index is 571. The van der Waals surface area contributed by atoms with Gasteiger partial charge in [0.15, 0.2) is 0 Å². The summed E-state index contributed by atoms with van der Waals surface area (Å²) in [7, 11) is 0. The van der Waals surface area contributed by atoms with Crippen LogP contribution < -0.4 is 5.32 Å². The van der Waals surface area contributed by atoms with Gasteiger partial charge in [-0.05, 0) is 37.8 Å². The average Bonchev–Trinajstić information content (AvgIpc) is 2.86. The highest BCUT2D eigenvalue weighted by molar-refractivity contribution is 5.31. The number of aryl methyl sites for hydroxylation is 3. The van der Waals surface area contributed by atoms with Crippen LogP contribution in [0.3, 0.4) is 0 Å². The van der Waals surface area contributed by atoms with Gasteiger partial charge >= 0.3 is 0 Å². The van der Waals surface area contributed by atoms with Crippen molar-refractivity contribution >= 4 is 0 Å². The fourth-order valence-corrected chi connectivity index (χ4v) is 2.97. The molecule has 2 heterocycles. The molecule has 19 heavy (non-hydrogen) atoms. The number of aromatic nitrogens is 2.